The molecular weight excluding hydrogens is 407 g/mol. The number of alkyl halides is 2. The van der Waals surface area contributed by atoms with E-state index in [-0.39, 0.29) is 18.0 Å². The van der Waals surface area contributed by atoms with Crippen molar-refractivity contribution in [3.8, 4) is 0 Å². The van der Waals surface area contributed by atoms with Crippen LogP contribution in [-0.4, -0.2) is 27.9 Å². The number of hydrogen-bond donors (Lipinski definition) is 0. The summed E-state index contributed by atoms with van der Waals surface area (Å²) in [6, 6.07) is 21.2. The van der Waals surface area contributed by atoms with E-state index in [0.717, 1.165) is 5.56 Å². The zero-order valence-corrected chi connectivity index (χ0v) is 16.1. The van der Waals surface area contributed by atoms with Gasteiger partial charge in [0.05, 0.1) is 5.69 Å². The molecule has 4 aromatic rings. The number of aromatic nitrogens is 2. The summed E-state index contributed by atoms with van der Waals surface area (Å²) in [6.45, 7) is -3.34. The first-order chi connectivity index (χ1) is 15.0. The van der Waals surface area contributed by atoms with Crippen molar-refractivity contribution >= 4 is 23.4 Å². The molecular formula is C23H16F3N3O2. The second kappa shape index (κ2) is 8.83. The molecule has 156 valence electrons. The Morgan fingerprint density at radius 1 is 0.968 bits per heavy atom. The number of imidazole rings is 1. The van der Waals surface area contributed by atoms with Gasteiger partial charge >= 0.3 is 12.8 Å². The largest absolute Gasteiger partial charge is 0.393 e. The fourth-order valence-electron chi connectivity index (χ4n) is 3.20. The average molecular weight is 423 g/mol. The van der Waals surface area contributed by atoms with Gasteiger partial charge in [-0.3, -0.25) is 4.79 Å². The van der Waals surface area contributed by atoms with E-state index in [4.69, 9.17) is 0 Å². The monoisotopic (exact) mass is 423 g/mol. The zero-order valence-electron chi connectivity index (χ0n) is 16.1. The van der Waals surface area contributed by atoms with Crippen molar-refractivity contribution < 1.29 is 22.7 Å². The predicted octanol–water partition coefficient (Wildman–Crippen LogP) is 5.35. The SMILES string of the molecule is O=C(c1ccccc1)c1ccc2nc(/N=C(/F)OC(F)F)c(Cc3ccccc3)n2c1. The van der Waals surface area contributed by atoms with Gasteiger partial charge in [-0.1, -0.05) is 60.7 Å². The van der Waals surface area contributed by atoms with E-state index in [9.17, 15) is 18.0 Å². The third kappa shape index (κ3) is 4.63. The molecule has 0 radical (unpaired) electrons. The smallest absolute Gasteiger partial charge is 0.390 e. The molecule has 0 unspecified atom stereocenters. The molecule has 0 atom stereocenters. The van der Waals surface area contributed by atoms with Crippen molar-refractivity contribution in [3.63, 3.8) is 0 Å². The second-order valence-electron chi connectivity index (χ2n) is 6.63. The lowest BCUT2D eigenvalue weighted by atomic mass is 10.1. The number of hydrogen-bond acceptors (Lipinski definition) is 4. The van der Waals surface area contributed by atoms with E-state index in [0.29, 0.717) is 22.5 Å². The van der Waals surface area contributed by atoms with Crippen LogP contribution < -0.4 is 0 Å². The third-order valence-corrected chi connectivity index (χ3v) is 4.59. The Balaban J connectivity index is 1.81. The molecule has 0 aliphatic carbocycles. The first-order valence-electron chi connectivity index (χ1n) is 9.35. The van der Waals surface area contributed by atoms with E-state index >= 15 is 0 Å². The maximum atomic E-state index is 13.8. The van der Waals surface area contributed by atoms with Crippen LogP contribution in [0.2, 0.25) is 0 Å². The number of aliphatic imine (C=N–C) groups is 1. The van der Waals surface area contributed by atoms with E-state index < -0.39 is 12.8 Å². The number of ketones is 1. The van der Waals surface area contributed by atoms with Gasteiger partial charge in [0.1, 0.15) is 5.65 Å². The van der Waals surface area contributed by atoms with Gasteiger partial charge in [0.25, 0.3) is 0 Å². The topological polar surface area (TPSA) is 56.0 Å². The molecule has 31 heavy (non-hydrogen) atoms. The molecule has 2 aromatic heterocycles. The summed E-state index contributed by atoms with van der Waals surface area (Å²) in [4.78, 5) is 20.6. The van der Waals surface area contributed by atoms with Gasteiger partial charge in [-0.25, -0.2) is 4.98 Å². The molecule has 2 aromatic carbocycles. The lowest BCUT2D eigenvalue weighted by Crippen LogP contribution is -2.05. The molecule has 4 rings (SSSR count). The number of carbonyl (C=O) groups is 1. The fourth-order valence-corrected chi connectivity index (χ4v) is 3.20. The number of rotatable bonds is 6. The average Bonchev–Trinajstić information content (AvgIpc) is 3.10. The summed E-state index contributed by atoms with van der Waals surface area (Å²) in [5.74, 6) is -0.301. The van der Waals surface area contributed by atoms with Gasteiger partial charge in [0.2, 0.25) is 0 Å². The molecule has 0 fully saturated rings. The van der Waals surface area contributed by atoms with Crippen LogP contribution >= 0.6 is 0 Å². The fraction of sp³-hybridized carbons (Fsp3) is 0.0870. The standard InChI is InChI=1S/C23H16F3N3O2/c24-22(25)31-23(26)28-21-18(13-15-7-3-1-4-8-15)29-14-17(11-12-19(29)27-21)20(30)16-9-5-2-6-10-16/h1-12,14,22H,13H2/b28-23-. The van der Waals surface area contributed by atoms with Crippen LogP contribution in [0.4, 0.5) is 19.0 Å². The Morgan fingerprint density at radius 3 is 2.32 bits per heavy atom. The van der Waals surface area contributed by atoms with Crippen LogP contribution in [0, 0.1) is 0 Å². The number of nitrogens with zero attached hydrogens (tertiary/aromatic N) is 3. The maximum Gasteiger partial charge on any atom is 0.390 e. The molecule has 0 aliphatic heterocycles. The van der Waals surface area contributed by atoms with Crippen molar-refractivity contribution in [1.29, 1.82) is 0 Å². The summed E-state index contributed by atoms with van der Waals surface area (Å²) in [5.41, 5.74) is 2.60. The summed E-state index contributed by atoms with van der Waals surface area (Å²) >= 11 is 0. The summed E-state index contributed by atoms with van der Waals surface area (Å²) in [7, 11) is 0. The van der Waals surface area contributed by atoms with Crippen LogP contribution in [-0.2, 0) is 11.2 Å². The molecule has 0 saturated heterocycles. The first-order valence-corrected chi connectivity index (χ1v) is 9.35. The quantitative estimate of drug-likeness (QED) is 0.239. The maximum absolute atomic E-state index is 13.8. The molecule has 2 heterocycles. The van der Waals surface area contributed by atoms with Crippen molar-refractivity contribution in [1.82, 2.24) is 9.38 Å². The van der Waals surface area contributed by atoms with Gasteiger partial charge in [0, 0.05) is 23.7 Å². The van der Waals surface area contributed by atoms with Gasteiger partial charge < -0.3 is 9.14 Å². The molecule has 0 N–H and O–H groups in total. The number of fused-ring (bicyclic) bond motifs is 1. The van der Waals surface area contributed by atoms with Gasteiger partial charge in [-0.05, 0) is 17.7 Å². The highest BCUT2D eigenvalue weighted by Gasteiger charge is 2.18. The minimum Gasteiger partial charge on any atom is -0.393 e. The summed E-state index contributed by atoms with van der Waals surface area (Å²) in [5, 5.41) is 0. The van der Waals surface area contributed by atoms with Gasteiger partial charge in [0.15, 0.2) is 11.6 Å². The van der Waals surface area contributed by atoms with Gasteiger partial charge in [-0.2, -0.15) is 13.8 Å². The summed E-state index contributed by atoms with van der Waals surface area (Å²) < 4.78 is 43.8. The molecule has 0 spiro atoms. The Hall–Kier alpha value is -3.94. The number of pyridine rings is 1. The lowest BCUT2D eigenvalue weighted by Gasteiger charge is -2.06. The molecule has 0 amide bonds. The minimum absolute atomic E-state index is 0.105. The second-order valence-corrected chi connectivity index (χ2v) is 6.63. The van der Waals surface area contributed by atoms with E-state index in [2.05, 4.69) is 14.7 Å². The Labute approximate surface area is 175 Å². The van der Waals surface area contributed by atoms with Crippen LogP contribution in [0.3, 0.4) is 0 Å². The minimum atomic E-state index is -3.34. The highest BCUT2D eigenvalue weighted by atomic mass is 19.3. The highest BCUT2D eigenvalue weighted by molar-refractivity contribution is 6.08. The van der Waals surface area contributed by atoms with Crippen LogP contribution in [0.1, 0.15) is 27.2 Å². The molecule has 0 saturated carbocycles. The molecule has 5 nitrogen and oxygen atoms in total. The highest BCUT2D eigenvalue weighted by Crippen LogP contribution is 2.25. The molecule has 0 bridgehead atoms. The Kier molecular flexibility index (Phi) is 5.79. The van der Waals surface area contributed by atoms with Crippen molar-refractivity contribution in [2.45, 2.75) is 13.0 Å². The predicted molar refractivity (Wildman–Crippen MR) is 110 cm³/mol. The van der Waals surface area contributed by atoms with Crippen molar-refractivity contribution in [2.75, 3.05) is 0 Å². The van der Waals surface area contributed by atoms with E-state index in [1.165, 1.54) is 0 Å². The first kappa shape index (κ1) is 20.3. The van der Waals surface area contributed by atoms with E-state index in [1.807, 2.05) is 36.4 Å². The van der Waals surface area contributed by atoms with Crippen molar-refractivity contribution in [2.24, 2.45) is 4.99 Å². The zero-order chi connectivity index (χ0) is 21.8. The van der Waals surface area contributed by atoms with Crippen LogP contribution in [0.15, 0.2) is 84.0 Å². The number of ether oxygens (including phenoxy) is 1. The number of carbonyl (C=O) groups excluding carboxylic acids is 1. The van der Waals surface area contributed by atoms with Crippen molar-refractivity contribution in [3.05, 3.63) is 101 Å². The Bertz CT molecular complexity index is 1240. The third-order valence-electron chi connectivity index (χ3n) is 4.59. The number of halogens is 3. The lowest BCUT2D eigenvalue weighted by molar-refractivity contribution is -0.0688. The molecule has 8 heteroatoms. The normalized spacial score (nSPS) is 11.8. The summed E-state index contributed by atoms with van der Waals surface area (Å²) in [6.07, 6.45) is 0.181. The Morgan fingerprint density at radius 2 is 1.65 bits per heavy atom. The van der Waals surface area contributed by atoms with Crippen LogP contribution in [0.25, 0.3) is 5.65 Å². The number of benzene rings is 2. The molecule has 0 aliphatic rings. The van der Waals surface area contributed by atoms with Crippen LogP contribution in [0.5, 0.6) is 0 Å². The van der Waals surface area contributed by atoms with Gasteiger partial charge in [-0.15, -0.1) is 4.39 Å². The van der Waals surface area contributed by atoms with E-state index in [1.54, 1.807) is 47.0 Å².